The molecule has 1 aliphatic rings. The molecule has 0 radical (unpaired) electrons. The molecule has 2 rings (SSSR count). The van der Waals surface area contributed by atoms with Crippen LogP contribution >= 0.6 is 28.3 Å². The minimum Gasteiger partial charge on any atom is -0.504 e. The highest BCUT2D eigenvalue weighted by Gasteiger charge is 2.29. The third-order valence-electron chi connectivity index (χ3n) is 3.64. The molecule has 8 heteroatoms. The number of aromatic hydroxyl groups is 1. The number of hydrogen-bond donors (Lipinski definition) is 2. The molecule has 1 aromatic carbocycles. The Labute approximate surface area is 143 Å². The van der Waals surface area contributed by atoms with E-state index in [9.17, 15) is 13.9 Å². The largest absolute Gasteiger partial charge is 0.504 e. The van der Waals surface area contributed by atoms with Crippen LogP contribution in [0.3, 0.4) is 0 Å². The van der Waals surface area contributed by atoms with Crippen LogP contribution in [0, 0.1) is 0 Å². The molecule has 1 atom stereocenters. The summed E-state index contributed by atoms with van der Waals surface area (Å²) in [6.07, 6.45) is -2.75. The van der Waals surface area contributed by atoms with Crippen LogP contribution in [0.1, 0.15) is 18.0 Å². The van der Waals surface area contributed by atoms with E-state index in [-0.39, 0.29) is 30.3 Å². The average Bonchev–Trinajstić information content (AvgIpc) is 2.47. The lowest BCUT2D eigenvalue weighted by Crippen LogP contribution is -2.45. The lowest BCUT2D eigenvalue weighted by Gasteiger charge is -2.35. The van der Waals surface area contributed by atoms with Gasteiger partial charge in [0.2, 0.25) is 6.43 Å². The third kappa shape index (κ3) is 4.68. The summed E-state index contributed by atoms with van der Waals surface area (Å²) in [4.78, 5) is 1.98. The number of hydrogen-bond acceptors (Lipinski definition) is 4. The van der Waals surface area contributed by atoms with Crippen LogP contribution in [0.25, 0.3) is 0 Å². The van der Waals surface area contributed by atoms with Gasteiger partial charge in [0.05, 0.1) is 7.11 Å². The fourth-order valence-electron chi connectivity index (χ4n) is 2.64. The highest BCUT2D eigenvalue weighted by atomic mass is 79.9. The predicted octanol–water partition coefficient (Wildman–Crippen LogP) is 3.19. The Morgan fingerprint density at radius 2 is 2.00 bits per heavy atom. The number of nitrogens with one attached hydrogen (secondary N) is 1. The van der Waals surface area contributed by atoms with Gasteiger partial charge in [-0.3, -0.25) is 4.90 Å². The molecule has 4 nitrogen and oxygen atoms in total. The first-order valence-electron chi connectivity index (χ1n) is 6.82. The molecule has 0 bridgehead atoms. The minimum absolute atomic E-state index is 0. The molecule has 1 aliphatic heterocycles. The molecular formula is C14H20BrClF2N2O2. The molecule has 1 aromatic rings. The number of alkyl halides is 2. The second-order valence-electron chi connectivity index (χ2n) is 4.97. The molecule has 1 saturated heterocycles. The molecule has 0 aromatic heterocycles. The van der Waals surface area contributed by atoms with Crippen molar-refractivity contribution in [2.45, 2.75) is 18.9 Å². The highest BCUT2D eigenvalue weighted by Crippen LogP contribution is 2.41. The van der Waals surface area contributed by atoms with Crippen LogP contribution in [-0.2, 0) is 0 Å². The number of piperazine rings is 1. The Bertz CT molecular complexity index is 488. The predicted molar refractivity (Wildman–Crippen MR) is 87.4 cm³/mol. The maximum atomic E-state index is 13.0. The second-order valence-corrected chi connectivity index (χ2v) is 5.89. The van der Waals surface area contributed by atoms with E-state index in [0.717, 1.165) is 13.1 Å². The zero-order chi connectivity index (χ0) is 15.4. The fraction of sp³-hybridized carbons (Fsp3) is 0.571. The SMILES string of the molecule is COc1cc(Br)cc([C@H](CC(F)F)N2CCNCC2)c1O.Cl. The fourth-order valence-corrected chi connectivity index (χ4v) is 3.09. The van der Waals surface area contributed by atoms with Crippen LogP contribution < -0.4 is 10.1 Å². The highest BCUT2D eigenvalue weighted by molar-refractivity contribution is 9.10. The first-order valence-corrected chi connectivity index (χ1v) is 7.61. The van der Waals surface area contributed by atoms with Gasteiger partial charge in [-0.15, -0.1) is 12.4 Å². The Kier molecular flexibility index (Phi) is 7.82. The van der Waals surface area contributed by atoms with Crippen LogP contribution in [0.4, 0.5) is 8.78 Å². The molecule has 1 heterocycles. The van der Waals surface area contributed by atoms with Crippen LogP contribution in [0.5, 0.6) is 11.5 Å². The summed E-state index contributed by atoms with van der Waals surface area (Å²) < 4.78 is 31.8. The summed E-state index contributed by atoms with van der Waals surface area (Å²) in [5, 5.41) is 13.5. The van der Waals surface area contributed by atoms with Crippen molar-refractivity contribution in [3.8, 4) is 11.5 Å². The van der Waals surface area contributed by atoms with Crippen LogP contribution in [-0.4, -0.2) is 49.7 Å². The Hall–Kier alpha value is -0.630. The number of nitrogens with zero attached hydrogens (tertiary/aromatic N) is 1. The molecule has 2 N–H and O–H groups in total. The number of halogens is 4. The van der Waals surface area contributed by atoms with E-state index in [1.54, 1.807) is 12.1 Å². The van der Waals surface area contributed by atoms with E-state index in [0.29, 0.717) is 23.1 Å². The summed E-state index contributed by atoms with van der Waals surface area (Å²) in [5.74, 6) is 0.221. The summed E-state index contributed by atoms with van der Waals surface area (Å²) in [5.41, 5.74) is 0.475. The van der Waals surface area contributed by atoms with Gasteiger partial charge in [-0.25, -0.2) is 8.78 Å². The normalized spacial score (nSPS) is 17.1. The van der Waals surface area contributed by atoms with E-state index in [4.69, 9.17) is 4.74 Å². The van der Waals surface area contributed by atoms with Gasteiger partial charge in [0.1, 0.15) is 0 Å². The average molecular weight is 402 g/mol. The summed E-state index contributed by atoms with van der Waals surface area (Å²) in [7, 11) is 1.44. The standard InChI is InChI=1S/C14H19BrF2N2O2.ClH/c1-21-12-7-9(15)6-10(14(12)20)11(8-13(16)17)19-4-2-18-3-5-19;/h6-7,11,13,18,20H,2-5,8H2,1H3;1H/t11-;/m0./s1. The summed E-state index contributed by atoms with van der Waals surface area (Å²) in [6.45, 7) is 2.86. The monoisotopic (exact) mass is 400 g/mol. The lowest BCUT2D eigenvalue weighted by molar-refractivity contribution is 0.0728. The first kappa shape index (κ1) is 19.4. The summed E-state index contributed by atoms with van der Waals surface area (Å²) in [6, 6.07) is 2.78. The number of benzene rings is 1. The quantitative estimate of drug-likeness (QED) is 0.795. The molecule has 0 amide bonds. The second kappa shape index (κ2) is 8.86. The van der Waals surface area contributed by atoms with Crippen molar-refractivity contribution >= 4 is 28.3 Å². The maximum Gasteiger partial charge on any atom is 0.240 e. The van der Waals surface area contributed by atoms with Gasteiger partial charge in [0, 0.05) is 48.7 Å². The van der Waals surface area contributed by atoms with Crippen molar-refractivity contribution in [2.75, 3.05) is 33.3 Å². The van der Waals surface area contributed by atoms with Crippen molar-refractivity contribution in [1.82, 2.24) is 10.2 Å². The topological polar surface area (TPSA) is 44.7 Å². The van der Waals surface area contributed by atoms with E-state index < -0.39 is 12.5 Å². The van der Waals surface area contributed by atoms with Gasteiger partial charge in [-0.1, -0.05) is 15.9 Å². The van der Waals surface area contributed by atoms with E-state index >= 15 is 0 Å². The molecule has 1 fully saturated rings. The maximum absolute atomic E-state index is 13.0. The molecule has 0 unspecified atom stereocenters. The number of rotatable bonds is 5. The zero-order valence-electron chi connectivity index (χ0n) is 12.2. The number of ether oxygens (including phenoxy) is 1. The third-order valence-corrected chi connectivity index (χ3v) is 4.10. The van der Waals surface area contributed by atoms with E-state index in [1.807, 2.05) is 4.90 Å². The van der Waals surface area contributed by atoms with Gasteiger partial charge in [-0.05, 0) is 12.1 Å². The van der Waals surface area contributed by atoms with Crippen molar-refractivity contribution in [2.24, 2.45) is 0 Å². The van der Waals surface area contributed by atoms with E-state index in [1.165, 1.54) is 7.11 Å². The van der Waals surface area contributed by atoms with Gasteiger partial charge >= 0.3 is 0 Å². The molecular weight excluding hydrogens is 382 g/mol. The van der Waals surface area contributed by atoms with Crippen molar-refractivity contribution in [3.63, 3.8) is 0 Å². The zero-order valence-corrected chi connectivity index (χ0v) is 14.6. The van der Waals surface area contributed by atoms with Crippen LogP contribution in [0.2, 0.25) is 0 Å². The Morgan fingerprint density at radius 1 is 1.36 bits per heavy atom. The van der Waals surface area contributed by atoms with Gasteiger partial charge in [0.15, 0.2) is 11.5 Å². The molecule has 126 valence electrons. The van der Waals surface area contributed by atoms with E-state index in [2.05, 4.69) is 21.2 Å². The Balaban J connectivity index is 0.00000242. The van der Waals surface area contributed by atoms with Gasteiger partial charge < -0.3 is 15.2 Å². The summed E-state index contributed by atoms with van der Waals surface area (Å²) >= 11 is 3.34. The molecule has 22 heavy (non-hydrogen) atoms. The van der Waals surface area contributed by atoms with Crippen molar-refractivity contribution in [1.29, 1.82) is 0 Å². The van der Waals surface area contributed by atoms with Crippen LogP contribution in [0.15, 0.2) is 16.6 Å². The number of phenolic OH excluding ortho intramolecular Hbond substituents is 1. The molecule has 0 aliphatic carbocycles. The van der Waals surface area contributed by atoms with Gasteiger partial charge in [0.25, 0.3) is 0 Å². The number of phenols is 1. The Morgan fingerprint density at radius 3 is 2.55 bits per heavy atom. The van der Waals surface area contributed by atoms with Gasteiger partial charge in [-0.2, -0.15) is 0 Å². The molecule has 0 spiro atoms. The molecule has 0 saturated carbocycles. The van der Waals surface area contributed by atoms with Crippen molar-refractivity contribution in [3.05, 3.63) is 22.2 Å². The smallest absolute Gasteiger partial charge is 0.240 e. The van der Waals surface area contributed by atoms with Crippen molar-refractivity contribution < 1.29 is 18.6 Å². The lowest BCUT2D eigenvalue weighted by atomic mass is 9.99. The first-order chi connectivity index (χ1) is 10.0. The minimum atomic E-state index is -2.44. The number of methoxy groups -OCH3 is 1.